The van der Waals surface area contributed by atoms with Gasteiger partial charge in [-0.15, -0.1) is 0 Å². The molecule has 0 radical (unpaired) electrons. The molecule has 4 aromatic rings. The summed E-state index contributed by atoms with van der Waals surface area (Å²) in [7, 11) is 1.59. The number of fused-ring (bicyclic) bond motifs is 3. The fourth-order valence-electron chi connectivity index (χ4n) is 2.86. The van der Waals surface area contributed by atoms with Gasteiger partial charge in [0.2, 0.25) is 0 Å². The van der Waals surface area contributed by atoms with Crippen molar-refractivity contribution in [3.8, 4) is 11.4 Å². The Hall–Kier alpha value is -3.48. The molecule has 0 unspecified atom stereocenters. The van der Waals surface area contributed by atoms with E-state index in [9.17, 15) is 9.59 Å². The summed E-state index contributed by atoms with van der Waals surface area (Å²) >= 11 is 0. The number of pyridine rings is 1. The second-order valence-corrected chi connectivity index (χ2v) is 5.44. The number of anilines is 1. The van der Waals surface area contributed by atoms with E-state index in [0.717, 1.165) is 16.8 Å². The molecule has 0 spiro atoms. The molecule has 0 aliphatic heterocycles. The molecular weight excluding hydrogens is 308 g/mol. The summed E-state index contributed by atoms with van der Waals surface area (Å²) in [5, 5.41) is 4.23. The van der Waals surface area contributed by atoms with E-state index in [1.807, 2.05) is 12.1 Å². The number of nitrogen functional groups attached to an aromatic ring is 1. The van der Waals surface area contributed by atoms with Gasteiger partial charge in [0.1, 0.15) is 17.0 Å². The predicted molar refractivity (Wildman–Crippen MR) is 93.0 cm³/mol. The zero-order valence-corrected chi connectivity index (χ0v) is 12.8. The fraction of sp³-hybridized carbons (Fsp3) is 0.0588. The van der Waals surface area contributed by atoms with Crippen LogP contribution in [0.4, 0.5) is 5.82 Å². The largest absolute Gasteiger partial charge is 0.497 e. The van der Waals surface area contributed by atoms with Crippen molar-refractivity contribution in [2.45, 2.75) is 0 Å². The monoisotopic (exact) mass is 322 g/mol. The minimum Gasteiger partial charge on any atom is -0.497 e. The maximum Gasteiger partial charge on any atom is 0.261 e. The molecule has 4 rings (SSSR count). The summed E-state index contributed by atoms with van der Waals surface area (Å²) in [5.41, 5.74) is 7.49. The van der Waals surface area contributed by atoms with E-state index in [1.54, 1.807) is 30.0 Å². The first-order chi connectivity index (χ1) is 11.6. The number of methoxy groups -OCH3 is 1. The highest BCUT2D eigenvalue weighted by atomic mass is 16.5. The van der Waals surface area contributed by atoms with Gasteiger partial charge in [0.05, 0.1) is 23.8 Å². The standard InChI is InChI=1S/C17H14N4O3/c1-24-11-5-2-9(3-6-11)21-16(18)14-15(20-21)12-7-4-10(22)8-13(12)19-17(14)23/h2-8,20H,18H2,1H3,(H,19,23). The molecule has 0 bridgehead atoms. The topological polar surface area (TPSA) is 106 Å². The summed E-state index contributed by atoms with van der Waals surface area (Å²) in [4.78, 5) is 26.6. The van der Waals surface area contributed by atoms with Crippen LogP contribution in [0.15, 0.2) is 52.1 Å². The van der Waals surface area contributed by atoms with Crippen molar-refractivity contribution in [3.05, 3.63) is 63.0 Å². The SMILES string of the molecule is COc1ccc(-n2[nH]c3c(c2N)c(=O)[nH]c2cc(=O)ccc23)cc1. The van der Waals surface area contributed by atoms with E-state index >= 15 is 0 Å². The lowest BCUT2D eigenvalue weighted by Gasteiger charge is -2.06. The average molecular weight is 322 g/mol. The van der Waals surface area contributed by atoms with E-state index in [0.29, 0.717) is 22.2 Å². The van der Waals surface area contributed by atoms with E-state index in [2.05, 4.69) is 10.1 Å². The molecular formula is C17H14N4O3. The molecule has 2 heterocycles. The Labute approximate surface area is 135 Å². The molecule has 0 fully saturated rings. The van der Waals surface area contributed by atoms with Gasteiger partial charge >= 0.3 is 0 Å². The maximum absolute atomic E-state index is 12.4. The number of aromatic nitrogens is 3. The lowest BCUT2D eigenvalue weighted by atomic mass is 10.1. The smallest absolute Gasteiger partial charge is 0.261 e. The molecule has 7 heteroatoms. The first-order valence-electron chi connectivity index (χ1n) is 7.29. The molecule has 0 aliphatic carbocycles. The Morgan fingerprint density at radius 2 is 1.83 bits per heavy atom. The van der Waals surface area contributed by atoms with Crippen molar-refractivity contribution in [1.29, 1.82) is 0 Å². The van der Waals surface area contributed by atoms with Crippen molar-refractivity contribution >= 4 is 27.6 Å². The van der Waals surface area contributed by atoms with Crippen molar-refractivity contribution in [2.24, 2.45) is 0 Å². The molecule has 2 aromatic carbocycles. The van der Waals surface area contributed by atoms with Gasteiger partial charge in [-0.05, 0) is 36.4 Å². The molecule has 7 nitrogen and oxygen atoms in total. The van der Waals surface area contributed by atoms with Gasteiger partial charge in [-0.25, -0.2) is 4.68 Å². The molecule has 0 atom stereocenters. The van der Waals surface area contributed by atoms with E-state index in [4.69, 9.17) is 10.5 Å². The third-order valence-corrected chi connectivity index (χ3v) is 4.04. The lowest BCUT2D eigenvalue weighted by Crippen LogP contribution is -2.09. The summed E-state index contributed by atoms with van der Waals surface area (Å²) in [5.74, 6) is 1.02. The predicted octanol–water partition coefficient (Wildman–Crippen LogP) is 1.75. The van der Waals surface area contributed by atoms with E-state index in [-0.39, 0.29) is 11.0 Å². The molecule has 0 saturated heterocycles. The second-order valence-electron chi connectivity index (χ2n) is 5.44. The Balaban J connectivity index is 2.06. The van der Waals surface area contributed by atoms with Gasteiger partial charge in [-0.3, -0.25) is 14.7 Å². The van der Waals surface area contributed by atoms with Crippen molar-refractivity contribution in [2.75, 3.05) is 12.8 Å². The van der Waals surface area contributed by atoms with E-state index < -0.39 is 0 Å². The zero-order chi connectivity index (χ0) is 16.8. The van der Waals surface area contributed by atoms with Gasteiger partial charge in [0.15, 0.2) is 5.43 Å². The first kappa shape index (κ1) is 14.1. The number of rotatable bonds is 2. The number of aromatic amines is 2. The molecule has 24 heavy (non-hydrogen) atoms. The number of hydrogen-bond acceptors (Lipinski definition) is 4. The number of ether oxygens (including phenoxy) is 1. The second kappa shape index (κ2) is 5.02. The number of benzene rings is 2. The van der Waals surface area contributed by atoms with Crippen LogP contribution in [0.1, 0.15) is 0 Å². The molecule has 120 valence electrons. The summed E-state index contributed by atoms with van der Waals surface area (Å²) in [6.45, 7) is 0. The van der Waals surface area contributed by atoms with Gasteiger partial charge in [0.25, 0.3) is 5.56 Å². The first-order valence-corrected chi connectivity index (χ1v) is 7.29. The van der Waals surface area contributed by atoms with Crippen LogP contribution in [-0.4, -0.2) is 21.9 Å². The van der Waals surface area contributed by atoms with Crippen LogP contribution in [0, 0.1) is 0 Å². The average Bonchev–Trinajstić information content (AvgIpc) is 2.93. The summed E-state index contributed by atoms with van der Waals surface area (Å²) in [6.07, 6.45) is 0. The zero-order valence-electron chi connectivity index (χ0n) is 12.8. The summed E-state index contributed by atoms with van der Waals surface area (Å²) < 4.78 is 6.78. The van der Waals surface area contributed by atoms with Crippen molar-refractivity contribution < 1.29 is 4.74 Å². The molecule has 2 aromatic heterocycles. The number of H-pyrrole nitrogens is 2. The highest BCUT2D eigenvalue weighted by Gasteiger charge is 2.15. The van der Waals surface area contributed by atoms with Gasteiger partial charge < -0.3 is 15.5 Å². The molecule has 0 amide bonds. The van der Waals surface area contributed by atoms with Gasteiger partial charge in [-0.1, -0.05) is 0 Å². The highest BCUT2D eigenvalue weighted by Crippen LogP contribution is 2.26. The maximum atomic E-state index is 12.4. The fourth-order valence-corrected chi connectivity index (χ4v) is 2.86. The quantitative estimate of drug-likeness (QED) is 0.523. The summed E-state index contributed by atoms with van der Waals surface area (Å²) in [6, 6.07) is 11.8. The van der Waals surface area contributed by atoms with Crippen LogP contribution < -0.4 is 21.5 Å². The Kier molecular flexibility index (Phi) is 2.96. The Morgan fingerprint density at radius 1 is 1.08 bits per heavy atom. The van der Waals surface area contributed by atoms with Crippen LogP contribution in [0.5, 0.6) is 5.75 Å². The van der Waals surface area contributed by atoms with Crippen LogP contribution in [0.3, 0.4) is 0 Å². The molecule has 0 saturated carbocycles. The van der Waals surface area contributed by atoms with Crippen LogP contribution in [0.2, 0.25) is 0 Å². The molecule has 4 N–H and O–H groups in total. The normalized spacial score (nSPS) is 11.2. The molecule has 0 aliphatic rings. The third-order valence-electron chi connectivity index (χ3n) is 4.04. The van der Waals surface area contributed by atoms with Crippen LogP contribution in [-0.2, 0) is 0 Å². The Morgan fingerprint density at radius 3 is 2.54 bits per heavy atom. The Bertz CT molecular complexity index is 1180. The number of nitrogens with zero attached hydrogens (tertiary/aromatic N) is 1. The van der Waals surface area contributed by atoms with Crippen molar-refractivity contribution in [1.82, 2.24) is 14.8 Å². The minimum absolute atomic E-state index is 0.167. The minimum atomic E-state index is -0.343. The number of nitrogens with two attached hydrogens (primary N) is 1. The highest BCUT2D eigenvalue weighted by molar-refractivity contribution is 6.06. The third kappa shape index (κ3) is 1.98. The van der Waals surface area contributed by atoms with Crippen LogP contribution >= 0.6 is 0 Å². The van der Waals surface area contributed by atoms with Gasteiger partial charge in [-0.2, -0.15) is 0 Å². The lowest BCUT2D eigenvalue weighted by molar-refractivity contribution is 0.414. The van der Waals surface area contributed by atoms with Gasteiger partial charge in [0, 0.05) is 11.5 Å². The van der Waals surface area contributed by atoms with Crippen LogP contribution in [0.25, 0.3) is 27.5 Å². The van der Waals surface area contributed by atoms with Crippen molar-refractivity contribution in [3.63, 3.8) is 0 Å². The van der Waals surface area contributed by atoms with E-state index in [1.165, 1.54) is 12.1 Å². The number of hydrogen-bond donors (Lipinski definition) is 3. The number of nitrogens with one attached hydrogen (secondary N) is 2.